The van der Waals surface area contributed by atoms with Crippen LogP contribution in [0.1, 0.15) is 120 Å². The molecular formula is C24H58. The first-order valence-corrected chi connectivity index (χ1v) is 7.91. The van der Waals surface area contributed by atoms with Crippen molar-refractivity contribution in [3.63, 3.8) is 0 Å². The first-order chi connectivity index (χ1) is 8.21. The van der Waals surface area contributed by atoms with Gasteiger partial charge in [0.05, 0.1) is 0 Å². The van der Waals surface area contributed by atoms with Crippen molar-refractivity contribution in [3.05, 3.63) is 12.2 Å². The Morgan fingerprint density at radius 2 is 0.667 bits per heavy atom. The lowest BCUT2D eigenvalue weighted by molar-refractivity contribution is -0.161. The summed E-state index contributed by atoms with van der Waals surface area (Å²) in [7, 11) is 0. The minimum absolute atomic E-state index is 0. The van der Waals surface area contributed by atoms with Crippen LogP contribution < -0.4 is 0 Å². The van der Waals surface area contributed by atoms with Crippen LogP contribution in [0.4, 0.5) is 0 Å². The maximum absolute atomic E-state index is 2.45. The molecule has 0 saturated heterocycles. The van der Waals surface area contributed by atoms with E-state index < -0.39 is 0 Å². The molecular weight excluding hydrogens is 288 g/mol. The molecule has 1 aliphatic carbocycles. The van der Waals surface area contributed by atoms with E-state index in [1.807, 2.05) is 13.8 Å². The summed E-state index contributed by atoms with van der Waals surface area (Å²) < 4.78 is 0. The molecule has 0 aromatic carbocycles. The second-order valence-corrected chi connectivity index (χ2v) is 9.03. The van der Waals surface area contributed by atoms with Crippen LogP contribution in [0, 0.1) is 27.1 Å². The molecule has 0 heterocycles. The van der Waals surface area contributed by atoms with Gasteiger partial charge in [-0.15, -0.1) is 0 Å². The van der Waals surface area contributed by atoms with Crippen LogP contribution in [0.5, 0.6) is 0 Å². The van der Waals surface area contributed by atoms with Crippen LogP contribution in [0.3, 0.4) is 0 Å². The van der Waals surface area contributed by atoms with Gasteiger partial charge in [-0.25, -0.2) is 0 Å². The van der Waals surface area contributed by atoms with Gasteiger partial charge in [-0.05, 0) is 27.1 Å². The van der Waals surface area contributed by atoms with Crippen molar-refractivity contribution in [2.75, 3.05) is 0 Å². The van der Waals surface area contributed by atoms with Crippen molar-refractivity contribution in [1.29, 1.82) is 0 Å². The second-order valence-electron chi connectivity index (χ2n) is 9.03. The second kappa shape index (κ2) is 10.7. The average Bonchev–Trinajstić information content (AvgIpc) is 2.33. The fourth-order valence-electron chi connectivity index (χ4n) is 6.49. The normalized spacial score (nSPS) is 18.8. The number of allylic oxidation sites excluding steroid dienone is 2. The van der Waals surface area contributed by atoms with E-state index in [9.17, 15) is 0 Å². The Labute approximate surface area is 159 Å². The van der Waals surface area contributed by atoms with Gasteiger partial charge < -0.3 is 0 Å². The van der Waals surface area contributed by atoms with Crippen molar-refractivity contribution in [2.45, 2.75) is 120 Å². The summed E-state index contributed by atoms with van der Waals surface area (Å²) in [6.07, 6.45) is 4.90. The Hall–Kier alpha value is -0.260. The molecule has 1 rings (SSSR count). The van der Waals surface area contributed by atoms with Crippen molar-refractivity contribution in [1.82, 2.24) is 0 Å². The third-order valence-corrected chi connectivity index (χ3v) is 5.10. The third kappa shape index (κ3) is 5.12. The minimum atomic E-state index is 0. The molecule has 0 nitrogen and oxygen atoms in total. The van der Waals surface area contributed by atoms with Crippen molar-refractivity contribution in [3.8, 4) is 0 Å². The van der Waals surface area contributed by atoms with Crippen LogP contribution in [0.2, 0.25) is 0 Å². The lowest BCUT2D eigenvalue weighted by atomic mass is 9.39. The molecule has 0 aromatic heterocycles. The van der Waals surface area contributed by atoms with E-state index in [0.29, 0.717) is 0 Å². The summed E-state index contributed by atoms with van der Waals surface area (Å²) in [5.74, 6) is 0. The Kier molecular flexibility index (Phi) is 17.3. The summed E-state index contributed by atoms with van der Waals surface area (Å²) in [5.41, 5.74) is 1.24. The smallest absolute Gasteiger partial charge is 0.00290 e. The van der Waals surface area contributed by atoms with Gasteiger partial charge in [-0.1, -0.05) is 132 Å². The van der Waals surface area contributed by atoms with Gasteiger partial charge in [0, 0.05) is 0 Å². The molecule has 0 aliphatic heterocycles. The van der Waals surface area contributed by atoms with E-state index in [1.165, 1.54) is 0 Å². The predicted octanol–water partition coefficient (Wildman–Crippen LogP) is 9.89. The maximum atomic E-state index is 2.45. The van der Waals surface area contributed by atoms with Gasteiger partial charge in [0.15, 0.2) is 0 Å². The van der Waals surface area contributed by atoms with Gasteiger partial charge in [-0.2, -0.15) is 0 Å². The molecule has 0 atom stereocenters. The topological polar surface area (TPSA) is 0 Å². The van der Waals surface area contributed by atoms with Crippen LogP contribution in [0.15, 0.2) is 12.2 Å². The zero-order valence-electron chi connectivity index (χ0n) is 15.7. The monoisotopic (exact) mass is 346 g/mol. The van der Waals surface area contributed by atoms with Crippen LogP contribution in [0.25, 0.3) is 0 Å². The molecule has 0 radical (unpaired) electrons. The largest absolute Gasteiger partial charge is 0.0817 e. The standard InChI is InChI=1S/C17H32.C2H6.5CH4/c1-13(2,3)17(14(4,5)6)15(7,8)11-12-16(17,9)10;1-2;;;;;/h11-12H,1-10H3;1-2H3;5*1H4. The molecule has 154 valence electrons. The van der Waals surface area contributed by atoms with Gasteiger partial charge in [0.25, 0.3) is 0 Å². The van der Waals surface area contributed by atoms with Crippen molar-refractivity contribution >= 4 is 0 Å². The quantitative estimate of drug-likeness (QED) is 0.383. The summed E-state index contributed by atoms with van der Waals surface area (Å²) >= 11 is 0. The highest BCUT2D eigenvalue weighted by atomic mass is 14.7. The molecule has 0 N–H and O–H groups in total. The van der Waals surface area contributed by atoms with Gasteiger partial charge in [0.1, 0.15) is 0 Å². The molecule has 0 saturated carbocycles. The van der Waals surface area contributed by atoms with Gasteiger partial charge >= 0.3 is 0 Å². The summed E-state index contributed by atoms with van der Waals surface area (Å²) in [5, 5.41) is 0. The third-order valence-electron chi connectivity index (χ3n) is 5.10. The zero-order valence-corrected chi connectivity index (χ0v) is 15.7. The van der Waals surface area contributed by atoms with Crippen LogP contribution in [-0.4, -0.2) is 0 Å². The Morgan fingerprint density at radius 1 is 0.500 bits per heavy atom. The molecule has 0 heteroatoms. The Morgan fingerprint density at radius 3 is 0.750 bits per heavy atom. The van der Waals surface area contributed by atoms with Crippen LogP contribution >= 0.6 is 0 Å². The van der Waals surface area contributed by atoms with E-state index in [4.69, 9.17) is 0 Å². The van der Waals surface area contributed by atoms with Gasteiger partial charge in [0.2, 0.25) is 0 Å². The lowest BCUT2D eigenvalue weighted by Crippen LogP contribution is -2.60. The molecule has 0 aromatic rings. The highest BCUT2D eigenvalue weighted by Gasteiger charge is 2.66. The van der Waals surface area contributed by atoms with Crippen molar-refractivity contribution in [2.24, 2.45) is 27.1 Å². The van der Waals surface area contributed by atoms with E-state index >= 15 is 0 Å². The van der Waals surface area contributed by atoms with Crippen molar-refractivity contribution < 1.29 is 0 Å². The minimum Gasteiger partial charge on any atom is -0.0817 e. The predicted molar refractivity (Wildman–Crippen MR) is 123 cm³/mol. The highest BCUT2D eigenvalue weighted by Crippen LogP contribution is 2.73. The lowest BCUT2D eigenvalue weighted by Gasteiger charge is -2.65. The first-order valence-electron chi connectivity index (χ1n) is 7.91. The Bertz CT molecular complexity index is 292. The molecule has 0 spiro atoms. The number of rotatable bonds is 0. The first kappa shape index (κ1) is 39.0. The summed E-state index contributed by atoms with van der Waals surface area (Å²) in [4.78, 5) is 0. The average molecular weight is 347 g/mol. The van der Waals surface area contributed by atoms with E-state index in [0.717, 1.165) is 0 Å². The summed E-state index contributed by atoms with van der Waals surface area (Å²) in [6, 6.07) is 0. The summed E-state index contributed by atoms with van der Waals surface area (Å²) in [6.45, 7) is 28.1. The molecule has 0 unspecified atom stereocenters. The molecule has 1 aliphatic rings. The van der Waals surface area contributed by atoms with Gasteiger partial charge in [-0.3, -0.25) is 0 Å². The van der Waals surface area contributed by atoms with E-state index in [1.54, 1.807) is 0 Å². The fourth-order valence-corrected chi connectivity index (χ4v) is 6.49. The van der Waals surface area contributed by atoms with E-state index in [2.05, 4.69) is 81.4 Å². The molecule has 24 heavy (non-hydrogen) atoms. The fraction of sp³-hybridized carbons (Fsp3) is 0.917. The van der Waals surface area contributed by atoms with Crippen LogP contribution in [-0.2, 0) is 0 Å². The highest BCUT2D eigenvalue weighted by molar-refractivity contribution is 5.28. The maximum Gasteiger partial charge on any atom is -0.00290 e. The SMILES string of the molecule is C.C.C.C.C.CC.CC(C)(C)C1(C(C)(C)C)C(C)(C)C=CC1(C)C. The van der Waals surface area contributed by atoms with E-state index in [-0.39, 0.29) is 64.2 Å². The number of hydrogen-bond donors (Lipinski definition) is 0. The molecule has 0 bridgehead atoms. The number of hydrogen-bond acceptors (Lipinski definition) is 0. The molecule has 0 amide bonds. The Balaban J connectivity index is -0.000000111. The molecule has 0 fully saturated rings. The zero-order chi connectivity index (χ0) is 15.9.